The minimum atomic E-state index is -0.362. The minimum Gasteiger partial charge on any atom is -0.392 e. The van der Waals surface area contributed by atoms with Crippen LogP contribution in [0.15, 0.2) is 0 Å². The summed E-state index contributed by atoms with van der Waals surface area (Å²) in [6, 6.07) is -0.0394. The second kappa shape index (κ2) is 4.69. The summed E-state index contributed by atoms with van der Waals surface area (Å²) in [6.45, 7) is 6.06. The van der Waals surface area contributed by atoms with Crippen molar-refractivity contribution in [2.75, 3.05) is 0 Å². The van der Waals surface area contributed by atoms with E-state index in [0.29, 0.717) is 5.92 Å². The van der Waals surface area contributed by atoms with Crippen LogP contribution in [-0.2, 0) is 0 Å². The Kier molecular flexibility index (Phi) is 4.65. The van der Waals surface area contributed by atoms with E-state index in [9.17, 15) is 0 Å². The van der Waals surface area contributed by atoms with Gasteiger partial charge in [-0.15, -0.1) is 0 Å². The molecule has 0 radical (unpaired) electrons. The topological polar surface area (TPSA) is 46.2 Å². The van der Waals surface area contributed by atoms with E-state index >= 15 is 0 Å². The molecule has 0 aliphatic carbocycles. The van der Waals surface area contributed by atoms with Crippen LogP contribution in [0.5, 0.6) is 0 Å². The van der Waals surface area contributed by atoms with Gasteiger partial charge in [-0.05, 0) is 25.7 Å². The molecule has 0 heterocycles. The Balaban J connectivity index is 3.30. The van der Waals surface area contributed by atoms with Crippen molar-refractivity contribution in [2.45, 2.75) is 45.8 Å². The molecule has 0 spiro atoms. The average Bonchev–Trinajstić information content (AvgIpc) is 1.82. The summed E-state index contributed by atoms with van der Waals surface area (Å²) in [7, 11) is 0. The van der Waals surface area contributed by atoms with Crippen LogP contribution in [0.4, 0.5) is 0 Å². The molecule has 0 aromatic rings. The highest BCUT2D eigenvalue weighted by molar-refractivity contribution is 4.67. The van der Waals surface area contributed by atoms with Gasteiger partial charge in [-0.1, -0.05) is 13.8 Å². The normalized spacial score (nSPS) is 17.4. The number of hydrogen-bond donors (Lipinski definition) is 2. The van der Waals surface area contributed by atoms with Gasteiger partial charge in [0.25, 0.3) is 0 Å². The molecule has 2 atom stereocenters. The highest BCUT2D eigenvalue weighted by Gasteiger charge is 2.08. The summed E-state index contributed by atoms with van der Waals surface area (Å²) in [5.41, 5.74) is 5.61. The third-order valence-electron chi connectivity index (χ3n) is 1.70. The summed E-state index contributed by atoms with van der Waals surface area (Å²) < 4.78 is 0. The van der Waals surface area contributed by atoms with Gasteiger partial charge in [0, 0.05) is 6.04 Å². The molecule has 0 aliphatic heterocycles. The summed E-state index contributed by atoms with van der Waals surface area (Å²) in [4.78, 5) is 0. The van der Waals surface area contributed by atoms with Gasteiger partial charge < -0.3 is 10.8 Å². The quantitative estimate of drug-likeness (QED) is 0.623. The lowest BCUT2D eigenvalue weighted by Crippen LogP contribution is -2.32. The second-order valence-corrected chi connectivity index (χ2v) is 3.38. The molecule has 0 amide bonds. The van der Waals surface area contributed by atoms with Gasteiger partial charge in [-0.2, -0.15) is 0 Å². The molecular formula is C8H19NO. The predicted molar refractivity (Wildman–Crippen MR) is 43.7 cm³/mol. The third kappa shape index (κ3) is 4.77. The van der Waals surface area contributed by atoms with Crippen molar-refractivity contribution in [1.29, 1.82) is 0 Å². The Morgan fingerprint density at radius 1 is 1.20 bits per heavy atom. The number of aliphatic hydroxyl groups excluding tert-OH is 1. The van der Waals surface area contributed by atoms with Crippen molar-refractivity contribution in [1.82, 2.24) is 0 Å². The third-order valence-corrected chi connectivity index (χ3v) is 1.70. The smallest absolute Gasteiger partial charge is 0.0662 e. The molecule has 0 aromatic carbocycles. The van der Waals surface area contributed by atoms with Crippen LogP contribution >= 0.6 is 0 Å². The lowest BCUT2D eigenvalue weighted by Gasteiger charge is -2.15. The lowest BCUT2D eigenvalue weighted by molar-refractivity contribution is 0.156. The van der Waals surface area contributed by atoms with Gasteiger partial charge in [0.1, 0.15) is 0 Å². The minimum absolute atomic E-state index is 0.0394. The first kappa shape index (κ1) is 9.92. The van der Waals surface area contributed by atoms with Crippen molar-refractivity contribution in [3.8, 4) is 0 Å². The maximum atomic E-state index is 9.01. The first-order chi connectivity index (χ1) is 4.54. The number of aliphatic hydroxyl groups is 1. The molecule has 2 nitrogen and oxygen atoms in total. The maximum absolute atomic E-state index is 9.01. The summed E-state index contributed by atoms with van der Waals surface area (Å²) in [5, 5.41) is 9.01. The Morgan fingerprint density at radius 2 is 1.70 bits per heavy atom. The van der Waals surface area contributed by atoms with Crippen LogP contribution in [0.2, 0.25) is 0 Å². The molecule has 0 bridgehead atoms. The van der Waals surface area contributed by atoms with Crippen molar-refractivity contribution in [3.63, 3.8) is 0 Å². The molecule has 2 heteroatoms. The Morgan fingerprint density at radius 3 is 2.00 bits per heavy atom. The largest absolute Gasteiger partial charge is 0.392 e. The molecule has 10 heavy (non-hydrogen) atoms. The molecule has 62 valence electrons. The van der Waals surface area contributed by atoms with Gasteiger partial charge in [-0.3, -0.25) is 0 Å². The zero-order chi connectivity index (χ0) is 8.15. The van der Waals surface area contributed by atoms with Crippen LogP contribution in [0, 0.1) is 5.92 Å². The molecule has 0 aromatic heterocycles. The van der Waals surface area contributed by atoms with Gasteiger partial charge in [0.05, 0.1) is 6.10 Å². The highest BCUT2D eigenvalue weighted by atomic mass is 16.3. The van der Waals surface area contributed by atoms with E-state index in [1.807, 2.05) is 0 Å². The SMILES string of the molecule is CC(C)CCC(N)C(C)O. The lowest BCUT2D eigenvalue weighted by atomic mass is 10.0. The van der Waals surface area contributed by atoms with Crippen LogP contribution < -0.4 is 5.73 Å². The Hall–Kier alpha value is -0.0800. The Labute approximate surface area is 63.4 Å². The number of rotatable bonds is 4. The van der Waals surface area contributed by atoms with Crippen molar-refractivity contribution < 1.29 is 5.11 Å². The van der Waals surface area contributed by atoms with E-state index in [0.717, 1.165) is 12.8 Å². The molecular weight excluding hydrogens is 126 g/mol. The molecule has 0 rings (SSSR count). The van der Waals surface area contributed by atoms with Crippen LogP contribution in [0.1, 0.15) is 33.6 Å². The first-order valence-corrected chi connectivity index (χ1v) is 3.97. The average molecular weight is 145 g/mol. The van der Waals surface area contributed by atoms with E-state index < -0.39 is 0 Å². The van der Waals surface area contributed by atoms with Crippen molar-refractivity contribution in [2.24, 2.45) is 11.7 Å². The van der Waals surface area contributed by atoms with E-state index in [2.05, 4.69) is 13.8 Å². The molecule has 0 aliphatic rings. The van der Waals surface area contributed by atoms with E-state index in [1.54, 1.807) is 6.92 Å². The predicted octanol–water partition coefficient (Wildman–Crippen LogP) is 1.13. The zero-order valence-electron chi connectivity index (χ0n) is 7.17. The van der Waals surface area contributed by atoms with E-state index in [1.165, 1.54) is 0 Å². The fraction of sp³-hybridized carbons (Fsp3) is 1.00. The Bertz CT molecular complexity index is 81.3. The van der Waals surface area contributed by atoms with Crippen molar-refractivity contribution >= 4 is 0 Å². The summed E-state index contributed by atoms with van der Waals surface area (Å²) >= 11 is 0. The van der Waals surface area contributed by atoms with Gasteiger partial charge >= 0.3 is 0 Å². The molecule has 3 N–H and O–H groups in total. The standard InChI is InChI=1S/C8H19NO/c1-6(2)4-5-8(9)7(3)10/h6-8,10H,4-5,9H2,1-3H3. The molecule has 2 unspecified atom stereocenters. The maximum Gasteiger partial charge on any atom is 0.0662 e. The first-order valence-electron chi connectivity index (χ1n) is 3.97. The van der Waals surface area contributed by atoms with Gasteiger partial charge in [0.15, 0.2) is 0 Å². The fourth-order valence-electron chi connectivity index (χ4n) is 0.767. The summed E-state index contributed by atoms with van der Waals surface area (Å²) in [5.74, 6) is 0.685. The van der Waals surface area contributed by atoms with Gasteiger partial charge in [0.2, 0.25) is 0 Å². The zero-order valence-corrected chi connectivity index (χ0v) is 7.17. The fourth-order valence-corrected chi connectivity index (χ4v) is 0.767. The van der Waals surface area contributed by atoms with Crippen molar-refractivity contribution in [3.05, 3.63) is 0 Å². The van der Waals surface area contributed by atoms with Crippen LogP contribution in [0.3, 0.4) is 0 Å². The summed E-state index contributed by atoms with van der Waals surface area (Å²) in [6.07, 6.45) is 1.67. The molecule has 0 saturated heterocycles. The molecule has 0 saturated carbocycles. The van der Waals surface area contributed by atoms with Gasteiger partial charge in [-0.25, -0.2) is 0 Å². The highest BCUT2D eigenvalue weighted by Crippen LogP contribution is 2.07. The van der Waals surface area contributed by atoms with Crippen LogP contribution in [0.25, 0.3) is 0 Å². The molecule has 0 fully saturated rings. The second-order valence-electron chi connectivity index (χ2n) is 3.38. The number of hydrogen-bond acceptors (Lipinski definition) is 2. The van der Waals surface area contributed by atoms with E-state index in [4.69, 9.17) is 10.8 Å². The monoisotopic (exact) mass is 145 g/mol. The van der Waals surface area contributed by atoms with E-state index in [-0.39, 0.29) is 12.1 Å². The van der Waals surface area contributed by atoms with Crippen LogP contribution in [-0.4, -0.2) is 17.3 Å². The number of nitrogens with two attached hydrogens (primary N) is 1.